The number of anilines is 1. The predicted octanol–water partition coefficient (Wildman–Crippen LogP) is 3.68. The zero-order valence-corrected chi connectivity index (χ0v) is 12.3. The standard InChI is InChI=1S/C17H19N3O/c1-3-20-12-14(11-19-20)18-10-13-8-9-17(21-2)16-7-5-4-6-15(13)16/h4-9,11-12,18H,3,10H2,1-2H3. The Balaban J connectivity index is 1.87. The number of hydrogen-bond acceptors (Lipinski definition) is 3. The lowest BCUT2D eigenvalue weighted by atomic mass is 10.0. The second-order valence-corrected chi connectivity index (χ2v) is 4.91. The first kappa shape index (κ1) is 13.5. The molecule has 4 nitrogen and oxygen atoms in total. The highest BCUT2D eigenvalue weighted by Crippen LogP contribution is 2.28. The molecule has 2 aromatic carbocycles. The molecule has 0 saturated heterocycles. The van der Waals surface area contributed by atoms with Crippen LogP contribution in [0.1, 0.15) is 12.5 Å². The van der Waals surface area contributed by atoms with Gasteiger partial charge in [0.25, 0.3) is 0 Å². The van der Waals surface area contributed by atoms with Gasteiger partial charge in [0.05, 0.1) is 19.0 Å². The van der Waals surface area contributed by atoms with E-state index < -0.39 is 0 Å². The summed E-state index contributed by atoms with van der Waals surface area (Å²) in [5.74, 6) is 0.910. The van der Waals surface area contributed by atoms with Gasteiger partial charge >= 0.3 is 0 Å². The van der Waals surface area contributed by atoms with E-state index in [4.69, 9.17) is 4.74 Å². The van der Waals surface area contributed by atoms with Gasteiger partial charge in [0.15, 0.2) is 0 Å². The summed E-state index contributed by atoms with van der Waals surface area (Å²) in [6, 6.07) is 12.4. The van der Waals surface area contributed by atoms with E-state index in [9.17, 15) is 0 Å². The maximum absolute atomic E-state index is 5.43. The zero-order chi connectivity index (χ0) is 14.7. The fourth-order valence-electron chi connectivity index (χ4n) is 2.49. The van der Waals surface area contributed by atoms with E-state index in [-0.39, 0.29) is 0 Å². The predicted molar refractivity (Wildman–Crippen MR) is 85.7 cm³/mol. The highest BCUT2D eigenvalue weighted by Gasteiger charge is 2.06. The number of aromatic nitrogens is 2. The molecule has 0 unspecified atom stereocenters. The Morgan fingerprint density at radius 3 is 2.67 bits per heavy atom. The quantitative estimate of drug-likeness (QED) is 0.775. The van der Waals surface area contributed by atoms with Crippen molar-refractivity contribution in [1.29, 1.82) is 0 Å². The van der Waals surface area contributed by atoms with E-state index >= 15 is 0 Å². The minimum Gasteiger partial charge on any atom is -0.496 e. The molecule has 21 heavy (non-hydrogen) atoms. The van der Waals surface area contributed by atoms with Crippen LogP contribution in [0.15, 0.2) is 48.8 Å². The number of hydrogen-bond donors (Lipinski definition) is 1. The summed E-state index contributed by atoms with van der Waals surface area (Å²) in [5.41, 5.74) is 2.28. The monoisotopic (exact) mass is 281 g/mol. The minimum atomic E-state index is 0.764. The van der Waals surface area contributed by atoms with Crippen molar-refractivity contribution in [2.75, 3.05) is 12.4 Å². The van der Waals surface area contributed by atoms with E-state index in [1.165, 1.54) is 10.9 Å². The van der Waals surface area contributed by atoms with Crippen molar-refractivity contribution in [1.82, 2.24) is 9.78 Å². The zero-order valence-electron chi connectivity index (χ0n) is 12.3. The summed E-state index contributed by atoms with van der Waals surface area (Å²) >= 11 is 0. The third-order valence-corrected chi connectivity index (χ3v) is 3.63. The van der Waals surface area contributed by atoms with E-state index in [1.54, 1.807) is 7.11 Å². The van der Waals surface area contributed by atoms with Crippen LogP contribution in [0.3, 0.4) is 0 Å². The number of aryl methyl sites for hydroxylation is 1. The fourth-order valence-corrected chi connectivity index (χ4v) is 2.49. The Morgan fingerprint density at radius 2 is 1.95 bits per heavy atom. The lowest BCUT2D eigenvalue weighted by Crippen LogP contribution is -2.00. The van der Waals surface area contributed by atoms with E-state index in [1.807, 2.05) is 29.2 Å². The first-order valence-electron chi connectivity index (χ1n) is 7.12. The number of methoxy groups -OCH3 is 1. The molecular weight excluding hydrogens is 262 g/mol. The molecule has 0 aliphatic carbocycles. The molecule has 0 bridgehead atoms. The third-order valence-electron chi connectivity index (χ3n) is 3.63. The van der Waals surface area contributed by atoms with Crippen LogP contribution in [-0.2, 0) is 13.1 Å². The summed E-state index contributed by atoms with van der Waals surface area (Å²) in [6.07, 6.45) is 3.88. The van der Waals surface area contributed by atoms with E-state index in [0.29, 0.717) is 0 Å². The maximum atomic E-state index is 5.43. The maximum Gasteiger partial charge on any atom is 0.126 e. The van der Waals surface area contributed by atoms with Gasteiger partial charge < -0.3 is 10.1 Å². The van der Waals surface area contributed by atoms with Gasteiger partial charge in [-0.3, -0.25) is 4.68 Å². The Bertz CT molecular complexity index is 749. The van der Waals surface area contributed by atoms with Gasteiger partial charge in [0.2, 0.25) is 0 Å². The van der Waals surface area contributed by atoms with Crippen LogP contribution in [0.5, 0.6) is 5.75 Å². The average molecular weight is 281 g/mol. The number of nitrogens with zero attached hydrogens (tertiary/aromatic N) is 2. The van der Waals surface area contributed by atoms with Crippen LogP contribution in [0.2, 0.25) is 0 Å². The number of benzene rings is 2. The molecule has 1 aromatic heterocycles. The first-order chi connectivity index (χ1) is 10.3. The molecule has 1 N–H and O–H groups in total. The molecule has 0 radical (unpaired) electrons. The highest BCUT2D eigenvalue weighted by molar-refractivity contribution is 5.91. The molecule has 0 spiro atoms. The summed E-state index contributed by atoms with van der Waals surface area (Å²) in [5, 5.41) is 10.0. The van der Waals surface area contributed by atoms with Crippen LogP contribution in [0, 0.1) is 0 Å². The Labute approximate surface area is 124 Å². The second-order valence-electron chi connectivity index (χ2n) is 4.91. The molecule has 108 valence electrons. The highest BCUT2D eigenvalue weighted by atomic mass is 16.5. The number of ether oxygens (including phenoxy) is 1. The van der Waals surface area contributed by atoms with Crippen molar-refractivity contribution in [2.24, 2.45) is 0 Å². The number of nitrogens with one attached hydrogen (secondary N) is 1. The molecule has 4 heteroatoms. The van der Waals surface area contributed by atoms with E-state index in [2.05, 4.69) is 41.6 Å². The van der Waals surface area contributed by atoms with Gasteiger partial charge in [-0.05, 0) is 23.9 Å². The molecule has 3 aromatic rings. The smallest absolute Gasteiger partial charge is 0.126 e. The van der Waals surface area contributed by atoms with Crippen molar-refractivity contribution >= 4 is 16.5 Å². The third kappa shape index (κ3) is 2.70. The van der Waals surface area contributed by atoms with Crippen molar-refractivity contribution in [2.45, 2.75) is 20.0 Å². The van der Waals surface area contributed by atoms with Gasteiger partial charge in [0.1, 0.15) is 5.75 Å². The molecular formula is C17H19N3O. The molecule has 0 aliphatic rings. The van der Waals surface area contributed by atoms with Gasteiger partial charge in [-0.2, -0.15) is 5.10 Å². The van der Waals surface area contributed by atoms with Crippen LogP contribution in [-0.4, -0.2) is 16.9 Å². The van der Waals surface area contributed by atoms with E-state index in [0.717, 1.165) is 29.9 Å². The number of rotatable bonds is 5. The van der Waals surface area contributed by atoms with Crippen LogP contribution < -0.4 is 10.1 Å². The Kier molecular flexibility index (Phi) is 3.77. The Morgan fingerprint density at radius 1 is 1.14 bits per heavy atom. The van der Waals surface area contributed by atoms with Gasteiger partial charge in [0, 0.05) is 24.7 Å². The Hall–Kier alpha value is -2.49. The molecule has 0 aliphatic heterocycles. The lowest BCUT2D eigenvalue weighted by Gasteiger charge is -2.11. The number of fused-ring (bicyclic) bond motifs is 1. The van der Waals surface area contributed by atoms with Crippen molar-refractivity contribution in [3.63, 3.8) is 0 Å². The molecule has 1 heterocycles. The summed E-state index contributed by atoms with van der Waals surface area (Å²) < 4.78 is 7.34. The molecule has 0 fully saturated rings. The van der Waals surface area contributed by atoms with Crippen molar-refractivity contribution in [3.8, 4) is 5.75 Å². The molecule has 3 rings (SSSR count). The topological polar surface area (TPSA) is 39.1 Å². The summed E-state index contributed by atoms with van der Waals surface area (Å²) in [6.45, 7) is 3.72. The largest absolute Gasteiger partial charge is 0.496 e. The SMILES string of the molecule is CCn1cc(NCc2ccc(OC)c3ccccc23)cn1. The van der Waals surface area contributed by atoms with Crippen LogP contribution in [0.25, 0.3) is 10.8 Å². The summed E-state index contributed by atoms with van der Waals surface area (Å²) in [7, 11) is 1.71. The molecule has 0 saturated carbocycles. The van der Waals surface area contributed by atoms with Crippen LogP contribution >= 0.6 is 0 Å². The molecule has 0 atom stereocenters. The summed E-state index contributed by atoms with van der Waals surface area (Å²) in [4.78, 5) is 0. The fraction of sp³-hybridized carbons (Fsp3) is 0.235. The van der Waals surface area contributed by atoms with Crippen LogP contribution in [0.4, 0.5) is 5.69 Å². The van der Waals surface area contributed by atoms with Crippen molar-refractivity contribution in [3.05, 3.63) is 54.4 Å². The van der Waals surface area contributed by atoms with Gasteiger partial charge in [-0.15, -0.1) is 0 Å². The normalized spacial score (nSPS) is 10.8. The second kappa shape index (κ2) is 5.87. The van der Waals surface area contributed by atoms with Crippen molar-refractivity contribution < 1.29 is 4.74 Å². The average Bonchev–Trinajstić information content (AvgIpc) is 3.00. The molecule has 0 amide bonds. The lowest BCUT2D eigenvalue weighted by molar-refractivity contribution is 0.419. The minimum absolute atomic E-state index is 0.764. The first-order valence-corrected chi connectivity index (χ1v) is 7.12. The van der Waals surface area contributed by atoms with Gasteiger partial charge in [-0.1, -0.05) is 30.3 Å². The van der Waals surface area contributed by atoms with Gasteiger partial charge in [-0.25, -0.2) is 0 Å².